The number of ether oxygens (including phenoxy) is 1. The largest absolute Gasteiger partial charge is 0.466 e. The Hall–Kier alpha value is -1.66. The third-order valence-electron chi connectivity index (χ3n) is 10.7. The van der Waals surface area contributed by atoms with Crippen molar-refractivity contribution in [1.29, 1.82) is 0 Å². The predicted molar refractivity (Wildman–Crippen MR) is 232 cm³/mol. The molecular formula is C48H91NO5. The van der Waals surface area contributed by atoms with E-state index in [2.05, 4.69) is 31.3 Å². The van der Waals surface area contributed by atoms with Crippen LogP contribution >= 0.6 is 0 Å². The van der Waals surface area contributed by atoms with Crippen molar-refractivity contribution in [2.45, 2.75) is 257 Å². The number of aliphatic hydroxyl groups excluding tert-OH is 2. The number of nitrogens with one attached hydrogen (secondary N) is 1. The summed E-state index contributed by atoms with van der Waals surface area (Å²) in [4.78, 5) is 24.4. The van der Waals surface area contributed by atoms with Gasteiger partial charge in [-0.05, 0) is 57.8 Å². The van der Waals surface area contributed by atoms with E-state index in [0.717, 1.165) is 57.8 Å². The van der Waals surface area contributed by atoms with Gasteiger partial charge in [-0.2, -0.15) is 0 Å². The monoisotopic (exact) mass is 762 g/mol. The normalized spacial score (nSPS) is 12.9. The Morgan fingerprint density at radius 3 is 1.31 bits per heavy atom. The first-order valence-corrected chi connectivity index (χ1v) is 23.6. The second-order valence-corrected chi connectivity index (χ2v) is 16.1. The molecule has 0 fully saturated rings. The second-order valence-electron chi connectivity index (χ2n) is 16.1. The zero-order valence-corrected chi connectivity index (χ0v) is 36.0. The summed E-state index contributed by atoms with van der Waals surface area (Å²) in [5.74, 6) is -0.129. The zero-order chi connectivity index (χ0) is 39.4. The van der Waals surface area contributed by atoms with Gasteiger partial charge in [0.05, 0.1) is 25.4 Å². The summed E-state index contributed by atoms with van der Waals surface area (Å²) in [5.41, 5.74) is 0. The zero-order valence-electron chi connectivity index (χ0n) is 36.0. The first-order chi connectivity index (χ1) is 26.5. The molecule has 0 saturated carbocycles. The van der Waals surface area contributed by atoms with Gasteiger partial charge in [0, 0.05) is 12.8 Å². The minimum atomic E-state index is -0.860. The van der Waals surface area contributed by atoms with Crippen molar-refractivity contribution < 1.29 is 24.5 Å². The van der Waals surface area contributed by atoms with Gasteiger partial charge in [-0.1, -0.05) is 199 Å². The van der Waals surface area contributed by atoms with Gasteiger partial charge in [-0.15, -0.1) is 0 Å². The van der Waals surface area contributed by atoms with Crippen LogP contribution in [-0.4, -0.2) is 47.4 Å². The lowest BCUT2D eigenvalue weighted by molar-refractivity contribution is -0.143. The van der Waals surface area contributed by atoms with Gasteiger partial charge in [0.25, 0.3) is 0 Å². The van der Waals surface area contributed by atoms with E-state index in [-0.39, 0.29) is 18.5 Å². The Bertz CT molecular complexity index is 843. The van der Waals surface area contributed by atoms with Gasteiger partial charge >= 0.3 is 5.97 Å². The highest BCUT2D eigenvalue weighted by Crippen LogP contribution is 2.14. The molecule has 2 atom stereocenters. The molecule has 54 heavy (non-hydrogen) atoms. The third kappa shape index (κ3) is 40.0. The smallest absolute Gasteiger partial charge is 0.305 e. The number of amides is 1. The standard InChI is InChI=1S/C48H91NO5/c1-3-5-7-9-11-13-15-16-17-18-19-20-22-26-30-34-38-42-48(53)54-43-39-35-31-27-23-25-29-33-37-41-47(52)49-45(44-50)46(51)40-36-32-28-24-21-14-12-10-8-6-4-2/h16-17,36,40,45-46,50-51H,3-15,18-35,37-39,41-44H2,1-2H3,(H,49,52)/b17-16-,40-36+. The van der Waals surface area contributed by atoms with Crippen LogP contribution in [0.25, 0.3) is 0 Å². The molecule has 0 saturated heterocycles. The van der Waals surface area contributed by atoms with Crippen LogP contribution in [0.15, 0.2) is 24.3 Å². The van der Waals surface area contributed by atoms with Crippen LogP contribution in [0.2, 0.25) is 0 Å². The summed E-state index contributed by atoms with van der Waals surface area (Å²) < 4.78 is 5.44. The molecule has 0 heterocycles. The maximum absolute atomic E-state index is 12.4. The summed E-state index contributed by atoms with van der Waals surface area (Å²) in [7, 11) is 0. The van der Waals surface area contributed by atoms with Crippen molar-refractivity contribution in [1.82, 2.24) is 5.32 Å². The molecule has 0 rings (SSSR count). The number of esters is 1. The molecule has 6 nitrogen and oxygen atoms in total. The SMILES string of the molecule is CCCCCCCC/C=C\CCCCCCCCCC(=O)OCCCCCCCCCCCC(=O)NC(CO)C(O)/C=C/CCCCCCCCCCC. The summed E-state index contributed by atoms with van der Waals surface area (Å²) in [6.45, 7) is 4.81. The van der Waals surface area contributed by atoms with E-state index in [0.29, 0.717) is 19.4 Å². The Kier molecular flexibility index (Phi) is 42.7. The maximum atomic E-state index is 12.4. The molecule has 0 aromatic rings. The topological polar surface area (TPSA) is 95.9 Å². The van der Waals surface area contributed by atoms with E-state index in [9.17, 15) is 19.8 Å². The Morgan fingerprint density at radius 1 is 0.500 bits per heavy atom. The number of allylic oxidation sites excluding steroid dienone is 3. The van der Waals surface area contributed by atoms with Crippen LogP contribution < -0.4 is 5.32 Å². The molecule has 0 aromatic carbocycles. The highest BCUT2D eigenvalue weighted by molar-refractivity contribution is 5.76. The Labute approximate surface area is 335 Å². The summed E-state index contributed by atoms with van der Waals surface area (Å²) in [6, 6.07) is -0.646. The van der Waals surface area contributed by atoms with Crippen molar-refractivity contribution >= 4 is 11.9 Å². The fraction of sp³-hybridized carbons (Fsp3) is 0.875. The van der Waals surface area contributed by atoms with Crippen LogP contribution in [0.4, 0.5) is 0 Å². The molecular weight excluding hydrogens is 671 g/mol. The van der Waals surface area contributed by atoms with Gasteiger partial charge in [0.2, 0.25) is 5.91 Å². The predicted octanol–water partition coefficient (Wildman–Crippen LogP) is 13.6. The quantitative estimate of drug-likeness (QED) is 0.0327. The van der Waals surface area contributed by atoms with Gasteiger partial charge in [0.15, 0.2) is 0 Å². The van der Waals surface area contributed by atoms with Crippen molar-refractivity contribution in [3.8, 4) is 0 Å². The lowest BCUT2D eigenvalue weighted by atomic mass is 10.1. The van der Waals surface area contributed by atoms with Crippen LogP contribution in [0.1, 0.15) is 245 Å². The van der Waals surface area contributed by atoms with Gasteiger partial charge in [-0.25, -0.2) is 0 Å². The highest BCUT2D eigenvalue weighted by Gasteiger charge is 2.18. The minimum absolute atomic E-state index is 0.0316. The summed E-state index contributed by atoms with van der Waals surface area (Å²) in [6.07, 6.45) is 50.2. The van der Waals surface area contributed by atoms with E-state index >= 15 is 0 Å². The van der Waals surface area contributed by atoms with Gasteiger partial charge < -0.3 is 20.3 Å². The molecule has 0 aromatic heterocycles. The number of unbranched alkanes of at least 4 members (excludes halogenated alkanes) is 30. The average Bonchev–Trinajstić information content (AvgIpc) is 3.17. The molecule has 6 heteroatoms. The number of hydrogen-bond acceptors (Lipinski definition) is 5. The molecule has 1 amide bonds. The molecule has 0 aliphatic heterocycles. The number of carbonyl (C=O) groups excluding carboxylic acids is 2. The summed E-state index contributed by atoms with van der Waals surface area (Å²) in [5, 5.41) is 22.9. The van der Waals surface area contributed by atoms with Crippen molar-refractivity contribution in [2.75, 3.05) is 13.2 Å². The lowest BCUT2D eigenvalue weighted by Gasteiger charge is -2.20. The molecule has 0 aliphatic carbocycles. The van der Waals surface area contributed by atoms with Crippen LogP contribution in [0, 0.1) is 0 Å². The van der Waals surface area contributed by atoms with Crippen molar-refractivity contribution in [3.63, 3.8) is 0 Å². The first kappa shape index (κ1) is 52.3. The Balaban J connectivity index is 3.50. The third-order valence-corrected chi connectivity index (χ3v) is 10.7. The molecule has 0 radical (unpaired) electrons. The van der Waals surface area contributed by atoms with E-state index in [1.165, 1.54) is 161 Å². The lowest BCUT2D eigenvalue weighted by Crippen LogP contribution is -2.45. The number of aliphatic hydroxyl groups is 2. The fourth-order valence-electron chi connectivity index (χ4n) is 7.04. The van der Waals surface area contributed by atoms with Crippen molar-refractivity contribution in [2.24, 2.45) is 0 Å². The fourth-order valence-corrected chi connectivity index (χ4v) is 7.04. The van der Waals surface area contributed by atoms with E-state index in [4.69, 9.17) is 4.74 Å². The van der Waals surface area contributed by atoms with E-state index in [1.807, 2.05) is 6.08 Å². The maximum Gasteiger partial charge on any atom is 0.305 e. The van der Waals surface area contributed by atoms with Crippen molar-refractivity contribution in [3.05, 3.63) is 24.3 Å². The number of hydrogen-bond donors (Lipinski definition) is 3. The van der Waals surface area contributed by atoms with Crippen LogP contribution in [0.5, 0.6) is 0 Å². The van der Waals surface area contributed by atoms with Gasteiger partial charge in [0.1, 0.15) is 0 Å². The molecule has 0 aliphatic rings. The van der Waals surface area contributed by atoms with E-state index in [1.54, 1.807) is 6.08 Å². The second kappa shape index (κ2) is 44.1. The number of rotatable bonds is 43. The first-order valence-electron chi connectivity index (χ1n) is 23.6. The molecule has 3 N–H and O–H groups in total. The van der Waals surface area contributed by atoms with Crippen LogP contribution in [0.3, 0.4) is 0 Å². The number of carbonyl (C=O) groups is 2. The molecule has 318 valence electrons. The van der Waals surface area contributed by atoms with Crippen LogP contribution in [-0.2, 0) is 14.3 Å². The Morgan fingerprint density at radius 2 is 0.870 bits per heavy atom. The van der Waals surface area contributed by atoms with E-state index < -0.39 is 12.1 Å². The average molecular weight is 762 g/mol. The highest BCUT2D eigenvalue weighted by atomic mass is 16.5. The molecule has 0 bridgehead atoms. The minimum Gasteiger partial charge on any atom is -0.466 e. The molecule has 2 unspecified atom stereocenters. The summed E-state index contributed by atoms with van der Waals surface area (Å²) >= 11 is 0. The molecule has 0 spiro atoms. The van der Waals surface area contributed by atoms with Gasteiger partial charge in [-0.3, -0.25) is 9.59 Å².